The Bertz CT molecular complexity index is 48.4. The van der Waals surface area contributed by atoms with E-state index in [1.165, 1.54) is 0 Å². The summed E-state index contributed by atoms with van der Waals surface area (Å²) < 4.78 is 57.9. The molecular formula is HCl2KO7. The van der Waals surface area contributed by atoms with Crippen LogP contribution in [0.25, 0.3) is 0 Å². The molecule has 0 heterocycles. The summed E-state index contributed by atoms with van der Waals surface area (Å²) in [6.07, 6.45) is 0. The van der Waals surface area contributed by atoms with Crippen molar-refractivity contribution in [1.82, 2.24) is 0 Å². The summed E-state index contributed by atoms with van der Waals surface area (Å²) in [5.74, 6) is 0. The molecule has 0 atom stereocenters. The smallest absolute Gasteiger partial charge is 0.357 e. The third kappa shape index (κ3) is 212. The SMILES string of the molecule is [K+].[O-][Cl+2]([O-])[O-].[O-][Cl+3]([O-])([O-])O. The summed E-state index contributed by atoms with van der Waals surface area (Å²) in [7, 11) is -7.55. The van der Waals surface area contributed by atoms with Crippen molar-refractivity contribution in [2.24, 2.45) is 0 Å². The maximum atomic E-state index is 8.60. The molecule has 0 aromatic heterocycles. The van der Waals surface area contributed by atoms with E-state index in [-0.39, 0.29) is 51.4 Å². The van der Waals surface area contributed by atoms with Crippen molar-refractivity contribution in [1.29, 1.82) is 0 Å². The van der Waals surface area contributed by atoms with Gasteiger partial charge in [0.15, 0.2) is 0 Å². The zero-order valence-corrected chi connectivity index (χ0v) is 9.29. The largest absolute Gasteiger partial charge is 1.00 e. The first kappa shape index (κ1) is 17.9. The Kier molecular flexibility index (Phi) is 16.1. The fourth-order valence-electron chi connectivity index (χ4n) is 0. The fraction of sp³-hybridized carbons (Fsp3) is 0. The van der Waals surface area contributed by atoms with Crippen molar-refractivity contribution in [2.75, 3.05) is 0 Å². The minimum absolute atomic E-state index is 0. The molecule has 0 aliphatic heterocycles. The molecule has 0 saturated heterocycles. The predicted octanol–water partition coefficient (Wildman–Crippen LogP) is -10.7. The molecular weight excluding hydrogens is 222 g/mol. The van der Waals surface area contributed by atoms with Crippen LogP contribution < -0.4 is 79.3 Å². The molecule has 10 heavy (non-hydrogen) atoms. The predicted molar refractivity (Wildman–Crippen MR) is 2.22 cm³/mol. The maximum absolute atomic E-state index is 8.60. The summed E-state index contributed by atoms with van der Waals surface area (Å²) in [5, 5.41) is 0. The number of hydrogen-bond acceptors (Lipinski definition) is 7. The van der Waals surface area contributed by atoms with E-state index < -0.39 is 21.0 Å². The number of hydrogen-bond donors (Lipinski definition) is 1. The third-order valence-corrected chi connectivity index (χ3v) is 0. The van der Waals surface area contributed by atoms with Gasteiger partial charge in [0.05, 0.1) is 25.7 Å². The van der Waals surface area contributed by atoms with Crippen LogP contribution in [0.15, 0.2) is 0 Å². The Morgan fingerprint density at radius 1 is 1.00 bits per heavy atom. The molecule has 7 nitrogen and oxygen atoms in total. The average molecular weight is 223 g/mol. The van der Waals surface area contributed by atoms with Gasteiger partial charge in [0.1, 0.15) is 0 Å². The Balaban J connectivity index is -0.0000000910. The van der Waals surface area contributed by atoms with Crippen molar-refractivity contribution < 1.29 is 105 Å². The number of halogens is 2. The van der Waals surface area contributed by atoms with E-state index >= 15 is 0 Å². The second-order valence-corrected chi connectivity index (χ2v) is 1.75. The molecule has 0 bridgehead atoms. The molecule has 58 valence electrons. The van der Waals surface area contributed by atoms with Gasteiger partial charge in [0.25, 0.3) is 0 Å². The van der Waals surface area contributed by atoms with E-state index in [0.717, 1.165) is 0 Å². The maximum Gasteiger partial charge on any atom is 1.00 e. The molecule has 0 aromatic carbocycles. The van der Waals surface area contributed by atoms with Crippen molar-refractivity contribution >= 4 is 0 Å². The van der Waals surface area contributed by atoms with Crippen LogP contribution in [0.1, 0.15) is 0 Å². The van der Waals surface area contributed by atoms with Gasteiger partial charge < -0.3 is 14.0 Å². The normalized spacial score (nSPS) is 9.60. The molecule has 0 radical (unpaired) electrons. The molecule has 0 unspecified atom stereocenters. The summed E-state index contributed by atoms with van der Waals surface area (Å²) in [5.41, 5.74) is 0. The first-order valence-corrected chi connectivity index (χ1v) is 3.28. The number of rotatable bonds is 0. The minimum Gasteiger partial charge on any atom is -0.357 e. The van der Waals surface area contributed by atoms with Crippen LogP contribution in [0.4, 0.5) is 0 Å². The summed E-state index contributed by atoms with van der Waals surface area (Å²) >= 11 is 0. The standard InChI is InChI=1S/ClHO4.ClO3.K/c2-1(3,4)5;2-1(3)4;/h(H,2,3,4,5);;/q;-1;+1. The summed E-state index contributed by atoms with van der Waals surface area (Å²) in [6, 6.07) is 0. The van der Waals surface area contributed by atoms with E-state index in [1.807, 2.05) is 0 Å². The van der Waals surface area contributed by atoms with E-state index in [2.05, 4.69) is 0 Å². The molecule has 0 amide bonds. The molecule has 0 aliphatic rings. The van der Waals surface area contributed by atoms with Gasteiger partial charge >= 0.3 is 51.4 Å². The Morgan fingerprint density at radius 2 is 1.00 bits per heavy atom. The third-order valence-electron chi connectivity index (χ3n) is 0. The van der Waals surface area contributed by atoms with Gasteiger partial charge in [-0.3, -0.25) is 0 Å². The fourth-order valence-corrected chi connectivity index (χ4v) is 0. The molecule has 10 heteroatoms. The second kappa shape index (κ2) is 9.03. The van der Waals surface area contributed by atoms with Crippen LogP contribution in [0, 0.1) is 21.0 Å². The van der Waals surface area contributed by atoms with Gasteiger partial charge in [-0.15, -0.1) is 0 Å². The molecule has 0 aliphatic carbocycles. The van der Waals surface area contributed by atoms with Gasteiger partial charge in [-0.1, -0.05) is 0 Å². The zero-order valence-electron chi connectivity index (χ0n) is 4.65. The van der Waals surface area contributed by atoms with Crippen molar-refractivity contribution in [3.8, 4) is 0 Å². The van der Waals surface area contributed by atoms with Crippen LogP contribution in [0.2, 0.25) is 0 Å². The van der Waals surface area contributed by atoms with Crippen LogP contribution in [-0.2, 0) is 0 Å². The average Bonchev–Trinajstić information content (AvgIpc) is 1.19. The topological polar surface area (TPSA) is 159 Å². The van der Waals surface area contributed by atoms with Crippen molar-refractivity contribution in [2.45, 2.75) is 0 Å². The van der Waals surface area contributed by atoms with Crippen molar-refractivity contribution in [3.63, 3.8) is 0 Å². The van der Waals surface area contributed by atoms with E-state index in [1.54, 1.807) is 0 Å². The summed E-state index contributed by atoms with van der Waals surface area (Å²) in [6.45, 7) is 0. The first-order valence-electron chi connectivity index (χ1n) is 1.09. The van der Waals surface area contributed by atoms with E-state index in [4.69, 9.17) is 32.6 Å². The van der Waals surface area contributed by atoms with Crippen LogP contribution in [-0.4, -0.2) is 4.66 Å². The molecule has 1 N–H and O–H groups in total. The van der Waals surface area contributed by atoms with E-state index in [9.17, 15) is 0 Å². The van der Waals surface area contributed by atoms with Crippen LogP contribution in [0.3, 0.4) is 0 Å². The molecule has 0 rings (SSSR count). The second-order valence-electron chi connectivity index (χ2n) is 0.585. The molecule has 0 fully saturated rings. The first-order chi connectivity index (χ1) is 3.73. The Morgan fingerprint density at radius 3 is 1.00 bits per heavy atom. The van der Waals surface area contributed by atoms with Gasteiger partial charge in [0.2, 0.25) is 0 Å². The van der Waals surface area contributed by atoms with Crippen LogP contribution in [0.5, 0.6) is 0 Å². The summed E-state index contributed by atoms with van der Waals surface area (Å²) in [4.78, 5) is 0. The molecule has 0 aromatic rings. The van der Waals surface area contributed by atoms with Gasteiger partial charge in [-0.05, 0) is 0 Å². The monoisotopic (exact) mass is 222 g/mol. The van der Waals surface area contributed by atoms with Crippen LogP contribution >= 0.6 is 0 Å². The Hall–Kier alpha value is 1.94. The van der Waals surface area contributed by atoms with Gasteiger partial charge in [-0.2, -0.15) is 14.0 Å². The Labute approximate surface area is 103 Å². The minimum atomic E-state index is -4.69. The zero-order chi connectivity index (χ0) is 8.08. The van der Waals surface area contributed by atoms with E-state index in [0.29, 0.717) is 0 Å². The van der Waals surface area contributed by atoms with Gasteiger partial charge in [0, 0.05) is 0 Å². The van der Waals surface area contributed by atoms with Gasteiger partial charge in [-0.25, -0.2) is 0 Å². The molecule has 0 spiro atoms. The van der Waals surface area contributed by atoms with Crippen molar-refractivity contribution in [3.05, 3.63) is 0 Å². The quantitative estimate of drug-likeness (QED) is 0.399. The molecule has 0 saturated carbocycles.